The summed E-state index contributed by atoms with van der Waals surface area (Å²) in [5.74, 6) is 1.96. The third-order valence-electron chi connectivity index (χ3n) is 4.68. The van der Waals surface area contributed by atoms with Crippen LogP contribution < -0.4 is 22.1 Å². The number of nitrogens with two attached hydrogens (primary N) is 2. The molecule has 158 valence electrons. The van der Waals surface area contributed by atoms with Gasteiger partial charge < -0.3 is 16.2 Å². The molecule has 0 aromatic rings. The Morgan fingerprint density at radius 1 is 1.22 bits per heavy atom. The molecule has 0 spiro atoms. The Bertz CT molecular complexity index is 452. The minimum atomic E-state index is -0.723. The SMILES string of the molecule is C=C[C@@](CN=C(N)CC)(CNC(N)NCC(CC)CCC)OC(=C)CCC. The van der Waals surface area contributed by atoms with Gasteiger partial charge in [0.05, 0.1) is 18.1 Å². The maximum atomic E-state index is 6.21. The first-order valence-corrected chi connectivity index (χ1v) is 10.4. The monoisotopic (exact) mass is 381 g/mol. The minimum Gasteiger partial charge on any atom is -0.485 e. The first-order chi connectivity index (χ1) is 12.9. The van der Waals surface area contributed by atoms with E-state index < -0.39 is 5.60 Å². The average Bonchev–Trinajstić information content (AvgIpc) is 2.67. The second-order valence-electron chi connectivity index (χ2n) is 7.15. The van der Waals surface area contributed by atoms with E-state index in [9.17, 15) is 0 Å². The number of hydrogen-bond acceptors (Lipinski definition) is 5. The van der Waals surface area contributed by atoms with Crippen LogP contribution in [-0.4, -0.2) is 37.4 Å². The largest absolute Gasteiger partial charge is 0.485 e. The molecule has 0 saturated carbocycles. The van der Waals surface area contributed by atoms with E-state index >= 15 is 0 Å². The van der Waals surface area contributed by atoms with Gasteiger partial charge in [0.1, 0.15) is 6.29 Å². The first-order valence-electron chi connectivity index (χ1n) is 10.4. The van der Waals surface area contributed by atoms with Crippen molar-refractivity contribution < 1.29 is 4.74 Å². The van der Waals surface area contributed by atoms with Gasteiger partial charge in [-0.05, 0) is 24.8 Å². The van der Waals surface area contributed by atoms with Crippen molar-refractivity contribution in [1.29, 1.82) is 0 Å². The number of nitrogens with zero attached hydrogens (tertiary/aromatic N) is 1. The number of allylic oxidation sites excluding steroid dienone is 1. The van der Waals surface area contributed by atoms with Crippen LogP contribution in [0.25, 0.3) is 0 Å². The maximum absolute atomic E-state index is 6.21. The van der Waals surface area contributed by atoms with Crippen molar-refractivity contribution >= 4 is 5.84 Å². The summed E-state index contributed by atoms with van der Waals surface area (Å²) in [7, 11) is 0. The van der Waals surface area contributed by atoms with E-state index in [0.717, 1.165) is 31.6 Å². The van der Waals surface area contributed by atoms with Gasteiger partial charge in [0, 0.05) is 25.9 Å². The van der Waals surface area contributed by atoms with Gasteiger partial charge in [0.15, 0.2) is 5.60 Å². The number of ether oxygens (including phenoxy) is 1. The van der Waals surface area contributed by atoms with E-state index in [1.54, 1.807) is 6.08 Å². The number of nitrogens with one attached hydrogen (secondary N) is 2. The predicted octanol–water partition coefficient (Wildman–Crippen LogP) is 3.26. The Balaban J connectivity index is 4.90. The molecule has 0 aliphatic rings. The van der Waals surface area contributed by atoms with Gasteiger partial charge in [-0.25, -0.2) is 0 Å². The van der Waals surface area contributed by atoms with Crippen molar-refractivity contribution in [1.82, 2.24) is 10.6 Å². The van der Waals surface area contributed by atoms with Gasteiger partial charge in [-0.1, -0.05) is 53.7 Å². The summed E-state index contributed by atoms with van der Waals surface area (Å²) in [6.45, 7) is 18.2. The third-order valence-corrected chi connectivity index (χ3v) is 4.68. The van der Waals surface area contributed by atoms with Crippen LogP contribution in [0.2, 0.25) is 0 Å². The molecule has 0 heterocycles. The highest BCUT2D eigenvalue weighted by Crippen LogP contribution is 2.20. The molecule has 0 radical (unpaired) electrons. The molecular formula is C21H43N5O. The fraction of sp³-hybridized carbons (Fsp3) is 0.762. The molecule has 0 aromatic heterocycles. The van der Waals surface area contributed by atoms with Crippen LogP contribution in [0, 0.1) is 5.92 Å². The second-order valence-corrected chi connectivity index (χ2v) is 7.15. The van der Waals surface area contributed by atoms with Crippen molar-refractivity contribution in [3.8, 4) is 0 Å². The molecular weight excluding hydrogens is 338 g/mol. The summed E-state index contributed by atoms with van der Waals surface area (Å²) in [6.07, 6.45) is 7.45. The van der Waals surface area contributed by atoms with E-state index in [0.29, 0.717) is 31.3 Å². The Morgan fingerprint density at radius 3 is 2.44 bits per heavy atom. The van der Waals surface area contributed by atoms with Crippen LogP contribution >= 0.6 is 0 Å². The number of amidine groups is 1. The van der Waals surface area contributed by atoms with E-state index in [4.69, 9.17) is 16.2 Å². The van der Waals surface area contributed by atoms with Gasteiger partial charge in [0.25, 0.3) is 0 Å². The molecule has 0 aliphatic carbocycles. The summed E-state index contributed by atoms with van der Waals surface area (Å²) in [5.41, 5.74) is 11.4. The standard InChI is InChI=1S/C21H43N5O/c1-7-12-17(6)27-21(11-5,15-25-19(22)10-4)16-26-20(23)24-14-18(9-3)13-8-2/h11,18,20,24,26H,5-10,12-16,23H2,1-4H3,(H2,22,25)/t18?,20?,21-/m1/s1. The molecule has 0 amide bonds. The molecule has 0 aromatic carbocycles. The van der Waals surface area contributed by atoms with E-state index in [2.05, 4.69) is 49.6 Å². The van der Waals surface area contributed by atoms with Gasteiger partial charge in [-0.15, -0.1) is 0 Å². The predicted molar refractivity (Wildman–Crippen MR) is 118 cm³/mol. The summed E-state index contributed by atoms with van der Waals surface area (Å²) in [6, 6.07) is 0. The maximum Gasteiger partial charge on any atom is 0.158 e. The summed E-state index contributed by atoms with van der Waals surface area (Å²) in [4.78, 5) is 4.44. The molecule has 6 heteroatoms. The van der Waals surface area contributed by atoms with Gasteiger partial charge in [-0.2, -0.15) is 0 Å². The normalized spacial score (nSPS) is 16.4. The van der Waals surface area contributed by atoms with E-state index in [1.807, 2.05) is 6.92 Å². The topological polar surface area (TPSA) is 97.7 Å². The Labute approximate surface area is 166 Å². The second kappa shape index (κ2) is 14.7. The van der Waals surface area contributed by atoms with Gasteiger partial charge >= 0.3 is 0 Å². The molecule has 0 fully saturated rings. The fourth-order valence-corrected chi connectivity index (χ4v) is 2.77. The van der Waals surface area contributed by atoms with Crippen molar-refractivity contribution in [2.75, 3.05) is 19.6 Å². The van der Waals surface area contributed by atoms with Crippen LogP contribution in [0.3, 0.4) is 0 Å². The van der Waals surface area contributed by atoms with Crippen LogP contribution in [-0.2, 0) is 4.74 Å². The fourth-order valence-electron chi connectivity index (χ4n) is 2.77. The van der Waals surface area contributed by atoms with Crippen molar-refractivity contribution in [3.05, 3.63) is 25.0 Å². The Hall–Kier alpha value is -1.37. The van der Waals surface area contributed by atoms with Crippen LogP contribution in [0.15, 0.2) is 30.0 Å². The molecule has 0 saturated heterocycles. The lowest BCUT2D eigenvalue weighted by atomic mass is 10.0. The molecule has 0 bridgehead atoms. The van der Waals surface area contributed by atoms with E-state index in [-0.39, 0.29) is 6.29 Å². The molecule has 0 rings (SSSR count). The lowest BCUT2D eigenvalue weighted by Crippen LogP contribution is -2.56. The van der Waals surface area contributed by atoms with Crippen LogP contribution in [0.4, 0.5) is 0 Å². The first kappa shape index (κ1) is 25.6. The van der Waals surface area contributed by atoms with Crippen molar-refractivity contribution in [2.45, 2.75) is 78.1 Å². The summed E-state index contributed by atoms with van der Waals surface area (Å²) in [5, 5.41) is 6.67. The zero-order valence-corrected chi connectivity index (χ0v) is 18.0. The van der Waals surface area contributed by atoms with Gasteiger partial charge in [-0.3, -0.25) is 15.6 Å². The molecule has 27 heavy (non-hydrogen) atoms. The zero-order valence-electron chi connectivity index (χ0n) is 18.0. The molecule has 6 N–H and O–H groups in total. The number of rotatable bonds is 17. The summed E-state index contributed by atoms with van der Waals surface area (Å²) < 4.78 is 6.14. The number of hydrogen-bond donors (Lipinski definition) is 4. The molecule has 6 nitrogen and oxygen atoms in total. The quantitative estimate of drug-likeness (QED) is 0.102. The van der Waals surface area contributed by atoms with E-state index in [1.165, 1.54) is 12.8 Å². The lowest BCUT2D eigenvalue weighted by Gasteiger charge is -2.33. The Kier molecular flexibility index (Phi) is 13.9. The highest BCUT2D eigenvalue weighted by molar-refractivity contribution is 5.79. The van der Waals surface area contributed by atoms with Gasteiger partial charge in [0.2, 0.25) is 0 Å². The minimum absolute atomic E-state index is 0.328. The molecule has 2 unspecified atom stereocenters. The summed E-state index contributed by atoms with van der Waals surface area (Å²) >= 11 is 0. The highest BCUT2D eigenvalue weighted by atomic mass is 16.5. The highest BCUT2D eigenvalue weighted by Gasteiger charge is 2.29. The zero-order chi connectivity index (χ0) is 20.7. The van der Waals surface area contributed by atoms with Crippen LogP contribution in [0.5, 0.6) is 0 Å². The Morgan fingerprint density at radius 2 is 1.93 bits per heavy atom. The molecule has 3 atom stereocenters. The van der Waals surface area contributed by atoms with Crippen molar-refractivity contribution in [2.24, 2.45) is 22.4 Å². The molecule has 0 aliphatic heterocycles. The lowest BCUT2D eigenvalue weighted by molar-refractivity contribution is 0.0449. The van der Waals surface area contributed by atoms with Crippen LogP contribution in [0.1, 0.15) is 66.2 Å². The van der Waals surface area contributed by atoms with Crippen molar-refractivity contribution in [3.63, 3.8) is 0 Å². The smallest absolute Gasteiger partial charge is 0.158 e. The third kappa shape index (κ3) is 11.2. The average molecular weight is 382 g/mol. The number of aliphatic imine (C=N–C) groups is 1.